The lowest BCUT2D eigenvalue weighted by Crippen LogP contribution is -2.37. The predicted octanol–water partition coefficient (Wildman–Crippen LogP) is 3.55. The highest BCUT2D eigenvalue weighted by Crippen LogP contribution is 2.30. The van der Waals surface area contributed by atoms with Crippen LogP contribution in [0.25, 0.3) is 22.2 Å². The van der Waals surface area contributed by atoms with E-state index in [1.165, 1.54) is 0 Å². The molecule has 0 spiro atoms. The molecule has 0 bridgehead atoms. The van der Waals surface area contributed by atoms with Gasteiger partial charge in [-0.15, -0.1) is 0 Å². The summed E-state index contributed by atoms with van der Waals surface area (Å²) in [5, 5.41) is 14.0. The highest BCUT2D eigenvalue weighted by molar-refractivity contribution is 5.91. The summed E-state index contributed by atoms with van der Waals surface area (Å²) in [6.07, 6.45) is 6.01. The van der Waals surface area contributed by atoms with Crippen molar-refractivity contribution >= 4 is 28.5 Å². The third kappa shape index (κ3) is 6.46. The van der Waals surface area contributed by atoms with Crippen molar-refractivity contribution in [1.82, 2.24) is 30.8 Å². The second-order valence-corrected chi connectivity index (χ2v) is 10.4. The average molecular weight is 529 g/mol. The number of amides is 2. The number of fused-ring (bicyclic) bond motifs is 1. The molecule has 4 aromatic rings. The van der Waals surface area contributed by atoms with E-state index in [-0.39, 0.29) is 24.2 Å². The highest BCUT2D eigenvalue weighted by atomic mass is 16.2. The van der Waals surface area contributed by atoms with Crippen molar-refractivity contribution in [2.24, 2.45) is 17.6 Å². The Bertz CT molecular complexity index is 1410. The zero-order valence-electron chi connectivity index (χ0n) is 22.0. The SMILES string of the molecule is NCC1CCC(C(=O)NC(CCC(=O)NCc2ccccc2)c2ncc(-c3ccc4c(N)n[nH]c4c3)[nH]2)CC1. The van der Waals surface area contributed by atoms with E-state index in [4.69, 9.17) is 11.5 Å². The van der Waals surface area contributed by atoms with Crippen LogP contribution in [0.4, 0.5) is 5.82 Å². The van der Waals surface area contributed by atoms with Gasteiger partial charge in [0, 0.05) is 29.8 Å². The molecule has 2 amide bonds. The highest BCUT2D eigenvalue weighted by Gasteiger charge is 2.28. The minimum Gasteiger partial charge on any atom is -0.382 e. The quantitative estimate of drug-likeness (QED) is 0.184. The van der Waals surface area contributed by atoms with Gasteiger partial charge in [0.1, 0.15) is 5.82 Å². The van der Waals surface area contributed by atoms with E-state index >= 15 is 0 Å². The molecule has 5 rings (SSSR count). The largest absolute Gasteiger partial charge is 0.382 e. The van der Waals surface area contributed by atoms with E-state index in [0.29, 0.717) is 37.1 Å². The number of hydrogen-bond donors (Lipinski definition) is 6. The number of rotatable bonds is 10. The van der Waals surface area contributed by atoms with Crippen LogP contribution < -0.4 is 22.1 Å². The number of hydrogen-bond acceptors (Lipinski definition) is 6. The maximum atomic E-state index is 13.3. The first-order valence-corrected chi connectivity index (χ1v) is 13.6. The molecule has 0 radical (unpaired) electrons. The first-order valence-electron chi connectivity index (χ1n) is 13.6. The van der Waals surface area contributed by atoms with E-state index < -0.39 is 6.04 Å². The van der Waals surface area contributed by atoms with Crippen molar-refractivity contribution in [3.05, 3.63) is 66.1 Å². The Morgan fingerprint density at radius 2 is 1.87 bits per heavy atom. The Kier molecular flexibility index (Phi) is 8.21. The fourth-order valence-corrected chi connectivity index (χ4v) is 5.26. The van der Waals surface area contributed by atoms with E-state index in [0.717, 1.165) is 53.4 Å². The smallest absolute Gasteiger partial charge is 0.223 e. The van der Waals surface area contributed by atoms with Crippen LogP contribution in [0, 0.1) is 11.8 Å². The van der Waals surface area contributed by atoms with Gasteiger partial charge in [-0.25, -0.2) is 4.98 Å². The summed E-state index contributed by atoms with van der Waals surface area (Å²) in [5.74, 6) is 1.45. The number of nitrogens with one attached hydrogen (secondary N) is 4. The second-order valence-electron chi connectivity index (χ2n) is 10.4. The number of H-pyrrole nitrogens is 2. The molecule has 1 fully saturated rings. The minimum absolute atomic E-state index is 0.00692. The van der Waals surface area contributed by atoms with Crippen molar-refractivity contribution in [1.29, 1.82) is 0 Å². The van der Waals surface area contributed by atoms with Gasteiger partial charge in [-0.05, 0) is 62.3 Å². The molecular formula is C29H36N8O2. The van der Waals surface area contributed by atoms with Crippen molar-refractivity contribution in [3.63, 3.8) is 0 Å². The van der Waals surface area contributed by atoms with Crippen LogP contribution in [0.2, 0.25) is 0 Å². The van der Waals surface area contributed by atoms with Crippen molar-refractivity contribution in [2.45, 2.75) is 51.1 Å². The predicted molar refractivity (Wildman–Crippen MR) is 151 cm³/mol. The molecule has 1 aliphatic carbocycles. The van der Waals surface area contributed by atoms with Crippen LogP contribution in [-0.2, 0) is 16.1 Å². The Hall–Kier alpha value is -4.18. The lowest BCUT2D eigenvalue weighted by molar-refractivity contribution is -0.127. The van der Waals surface area contributed by atoms with E-state index in [1.807, 2.05) is 48.5 Å². The monoisotopic (exact) mass is 528 g/mol. The number of imidazole rings is 1. The molecule has 1 aliphatic rings. The molecule has 0 saturated heterocycles. The molecule has 1 unspecified atom stereocenters. The maximum absolute atomic E-state index is 13.3. The van der Waals surface area contributed by atoms with Gasteiger partial charge in [0.2, 0.25) is 11.8 Å². The molecule has 10 nitrogen and oxygen atoms in total. The molecule has 2 aromatic carbocycles. The fourth-order valence-electron chi connectivity index (χ4n) is 5.26. The molecule has 39 heavy (non-hydrogen) atoms. The summed E-state index contributed by atoms with van der Waals surface area (Å²) in [6, 6.07) is 15.2. The van der Waals surface area contributed by atoms with Gasteiger partial charge in [-0.1, -0.05) is 36.4 Å². The van der Waals surface area contributed by atoms with Crippen molar-refractivity contribution < 1.29 is 9.59 Å². The van der Waals surface area contributed by atoms with Crippen LogP contribution >= 0.6 is 0 Å². The molecule has 1 atom stereocenters. The van der Waals surface area contributed by atoms with E-state index in [2.05, 4.69) is 30.8 Å². The number of nitrogens with zero attached hydrogens (tertiary/aromatic N) is 2. The van der Waals surface area contributed by atoms with Crippen molar-refractivity contribution in [3.8, 4) is 11.3 Å². The third-order valence-electron chi connectivity index (χ3n) is 7.69. The summed E-state index contributed by atoms with van der Waals surface area (Å²) < 4.78 is 0. The molecule has 204 valence electrons. The van der Waals surface area contributed by atoms with E-state index in [1.54, 1.807) is 6.20 Å². The fraction of sp³-hybridized carbons (Fsp3) is 0.379. The number of aromatic amines is 2. The average Bonchev–Trinajstić information content (AvgIpc) is 3.61. The summed E-state index contributed by atoms with van der Waals surface area (Å²) in [5.41, 5.74) is 15.3. The Morgan fingerprint density at radius 3 is 2.64 bits per heavy atom. The third-order valence-corrected chi connectivity index (χ3v) is 7.69. The normalized spacial score (nSPS) is 18.1. The molecule has 8 N–H and O–H groups in total. The molecule has 10 heteroatoms. The number of aromatic nitrogens is 4. The first kappa shape index (κ1) is 26.4. The van der Waals surface area contributed by atoms with Crippen LogP contribution in [0.5, 0.6) is 0 Å². The van der Waals surface area contributed by atoms with Gasteiger partial charge >= 0.3 is 0 Å². The number of anilines is 1. The van der Waals surface area contributed by atoms with Gasteiger partial charge in [0.05, 0.1) is 23.4 Å². The van der Waals surface area contributed by atoms with Gasteiger partial charge < -0.3 is 27.1 Å². The summed E-state index contributed by atoms with van der Waals surface area (Å²) in [4.78, 5) is 33.9. The Balaban J connectivity index is 1.28. The van der Waals surface area contributed by atoms with Gasteiger partial charge in [0.25, 0.3) is 0 Å². The Labute approximate surface area is 227 Å². The Morgan fingerprint density at radius 1 is 1.08 bits per heavy atom. The molecule has 0 aliphatic heterocycles. The summed E-state index contributed by atoms with van der Waals surface area (Å²) in [7, 11) is 0. The van der Waals surface area contributed by atoms with Crippen LogP contribution in [0.3, 0.4) is 0 Å². The second kappa shape index (κ2) is 12.1. The number of nitrogen functional groups attached to an aromatic ring is 1. The summed E-state index contributed by atoms with van der Waals surface area (Å²) in [6.45, 7) is 1.13. The minimum atomic E-state index is -0.424. The van der Waals surface area contributed by atoms with Gasteiger partial charge in [0.15, 0.2) is 5.82 Å². The zero-order chi connectivity index (χ0) is 27.2. The number of nitrogens with two attached hydrogens (primary N) is 2. The number of benzene rings is 2. The van der Waals surface area contributed by atoms with Gasteiger partial charge in [-0.3, -0.25) is 14.7 Å². The van der Waals surface area contributed by atoms with Gasteiger partial charge in [-0.2, -0.15) is 5.10 Å². The maximum Gasteiger partial charge on any atom is 0.223 e. The summed E-state index contributed by atoms with van der Waals surface area (Å²) >= 11 is 0. The van der Waals surface area contributed by atoms with Crippen LogP contribution in [0.1, 0.15) is 56.0 Å². The number of carbonyl (C=O) groups is 2. The molecular weight excluding hydrogens is 492 g/mol. The lowest BCUT2D eigenvalue weighted by Gasteiger charge is -2.28. The molecule has 1 saturated carbocycles. The number of carbonyl (C=O) groups excluding carboxylic acids is 2. The van der Waals surface area contributed by atoms with Crippen LogP contribution in [0.15, 0.2) is 54.7 Å². The van der Waals surface area contributed by atoms with Crippen molar-refractivity contribution in [2.75, 3.05) is 12.3 Å². The molecule has 2 heterocycles. The van der Waals surface area contributed by atoms with Crippen LogP contribution in [-0.4, -0.2) is 38.5 Å². The lowest BCUT2D eigenvalue weighted by atomic mass is 9.81. The standard InChI is InChI=1S/C29H36N8O2/c30-15-18-6-8-20(9-7-18)29(39)35-23(12-13-26(38)32-16-19-4-2-1-3-5-19)28-33-17-25(34-28)21-10-11-22-24(14-21)36-37-27(22)31/h1-5,10-11,14,17-18,20,23H,6-9,12-13,15-16,30H2,(H,32,38)(H,33,34)(H,35,39)(H3,31,36,37). The molecule has 2 aromatic heterocycles. The topological polar surface area (TPSA) is 168 Å². The first-order chi connectivity index (χ1) is 19.0. The zero-order valence-corrected chi connectivity index (χ0v) is 22.0. The van der Waals surface area contributed by atoms with E-state index in [9.17, 15) is 9.59 Å².